The van der Waals surface area contributed by atoms with Gasteiger partial charge >= 0.3 is 0 Å². The fourth-order valence-corrected chi connectivity index (χ4v) is 8.97. The fraction of sp³-hybridized carbons (Fsp3) is 0.750. The molecule has 2 saturated carbocycles. The molecule has 44 heavy (non-hydrogen) atoms. The first-order valence-electron chi connectivity index (χ1n) is 17.5. The van der Waals surface area contributed by atoms with Crippen LogP contribution in [0.3, 0.4) is 0 Å². The van der Waals surface area contributed by atoms with Crippen LogP contribution in [-0.4, -0.2) is 44.8 Å². The lowest BCUT2D eigenvalue weighted by molar-refractivity contribution is 0.0510. The zero-order valence-electron chi connectivity index (χ0n) is 29.8. The van der Waals surface area contributed by atoms with E-state index in [1.54, 1.807) is 0 Å². The molecular weight excluding hydrogens is 544 g/mol. The van der Waals surface area contributed by atoms with E-state index in [4.69, 9.17) is 9.47 Å². The molecule has 1 unspecified atom stereocenters. The molecule has 248 valence electrons. The quantitative estimate of drug-likeness (QED) is 0.0892. The van der Waals surface area contributed by atoms with E-state index >= 15 is 0 Å². The van der Waals surface area contributed by atoms with Crippen LogP contribution in [0.2, 0.25) is 0 Å². The van der Waals surface area contributed by atoms with Gasteiger partial charge in [0.1, 0.15) is 22.4 Å². The van der Waals surface area contributed by atoms with Crippen molar-refractivity contribution in [2.75, 3.05) is 0 Å². The third kappa shape index (κ3) is 7.24. The summed E-state index contributed by atoms with van der Waals surface area (Å²) >= 11 is 0. The van der Waals surface area contributed by atoms with E-state index in [0.29, 0.717) is 0 Å². The Balaban J connectivity index is 1.12. The maximum Gasteiger partial charge on any atom is 0.121 e. The largest absolute Gasteiger partial charge is 0.393 e. The molecule has 4 aliphatic rings. The highest BCUT2D eigenvalue weighted by atomic mass is 16.6. The molecule has 2 aliphatic heterocycles. The molecule has 4 nitrogen and oxygen atoms in total. The second-order valence-electron chi connectivity index (χ2n) is 16.8. The van der Waals surface area contributed by atoms with Crippen LogP contribution in [-0.2, 0) is 9.47 Å². The highest BCUT2D eigenvalue weighted by Gasteiger charge is 2.75. The summed E-state index contributed by atoms with van der Waals surface area (Å²) in [5.41, 5.74) is 3.00. The molecule has 0 radical (unpaired) electrons. The Morgan fingerprint density at radius 3 is 1.64 bits per heavy atom. The predicted molar refractivity (Wildman–Crippen MR) is 184 cm³/mol. The highest BCUT2D eigenvalue weighted by Crippen LogP contribution is 2.67. The van der Waals surface area contributed by atoms with Crippen LogP contribution < -0.4 is 0 Å². The van der Waals surface area contributed by atoms with Gasteiger partial charge in [-0.15, -0.1) is 0 Å². The molecular formula is C40H64O4. The molecule has 7 atom stereocenters. The van der Waals surface area contributed by atoms with Gasteiger partial charge in [-0.3, -0.25) is 0 Å². The lowest BCUT2D eigenvalue weighted by atomic mass is 9.63. The van der Waals surface area contributed by atoms with Crippen molar-refractivity contribution in [3.63, 3.8) is 0 Å². The number of allylic oxidation sites excluding steroid dienone is 8. The van der Waals surface area contributed by atoms with Crippen LogP contribution in [0.1, 0.15) is 140 Å². The third-order valence-corrected chi connectivity index (χ3v) is 11.7. The van der Waals surface area contributed by atoms with Gasteiger partial charge in [0.25, 0.3) is 0 Å². The number of epoxide rings is 2. The van der Waals surface area contributed by atoms with Crippen LogP contribution in [0, 0.1) is 16.7 Å². The summed E-state index contributed by atoms with van der Waals surface area (Å²) in [4.78, 5) is 0. The molecule has 2 saturated heterocycles. The molecule has 0 aromatic heterocycles. The average Bonchev–Trinajstić information content (AvgIpc) is 3.73. The van der Waals surface area contributed by atoms with Gasteiger partial charge in [0.2, 0.25) is 0 Å². The zero-order chi connectivity index (χ0) is 32.6. The lowest BCUT2D eigenvalue weighted by Gasteiger charge is -2.39. The minimum atomic E-state index is -0.268. The van der Waals surface area contributed by atoms with E-state index in [0.717, 1.165) is 50.9 Å². The summed E-state index contributed by atoms with van der Waals surface area (Å²) in [6, 6.07) is 0. The van der Waals surface area contributed by atoms with Gasteiger partial charge in [-0.2, -0.15) is 0 Å². The Morgan fingerprint density at radius 2 is 1.16 bits per heavy atom. The van der Waals surface area contributed by atoms with Crippen LogP contribution in [0.5, 0.6) is 0 Å². The molecule has 0 amide bonds. The summed E-state index contributed by atoms with van der Waals surface area (Å²) in [7, 11) is 0. The summed E-state index contributed by atoms with van der Waals surface area (Å²) < 4.78 is 12.6. The van der Waals surface area contributed by atoms with E-state index in [1.165, 1.54) is 42.4 Å². The third-order valence-electron chi connectivity index (χ3n) is 11.7. The molecule has 4 rings (SSSR count). The second kappa shape index (κ2) is 13.0. The van der Waals surface area contributed by atoms with Crippen molar-refractivity contribution < 1.29 is 19.7 Å². The van der Waals surface area contributed by atoms with Crippen molar-refractivity contribution >= 4 is 0 Å². The maximum atomic E-state index is 10.3. The van der Waals surface area contributed by atoms with Gasteiger partial charge in [0, 0.05) is 23.7 Å². The van der Waals surface area contributed by atoms with Crippen molar-refractivity contribution in [1.82, 2.24) is 0 Å². The summed E-state index contributed by atoms with van der Waals surface area (Å²) in [5.74, 6) is 0.732. The van der Waals surface area contributed by atoms with Gasteiger partial charge in [-0.25, -0.2) is 0 Å². The Labute approximate surface area is 269 Å². The van der Waals surface area contributed by atoms with Crippen LogP contribution >= 0.6 is 0 Å². The van der Waals surface area contributed by atoms with Crippen molar-refractivity contribution in [3.05, 3.63) is 59.3 Å². The van der Waals surface area contributed by atoms with Gasteiger partial charge < -0.3 is 19.7 Å². The van der Waals surface area contributed by atoms with Gasteiger partial charge in [0.05, 0.1) is 12.2 Å². The number of aliphatic hydroxyl groups is 2. The van der Waals surface area contributed by atoms with E-state index in [9.17, 15) is 10.2 Å². The number of hydrogen-bond donors (Lipinski definition) is 2. The zero-order valence-corrected chi connectivity index (χ0v) is 29.8. The first-order valence-corrected chi connectivity index (χ1v) is 17.5. The van der Waals surface area contributed by atoms with Crippen molar-refractivity contribution in [2.24, 2.45) is 16.7 Å². The van der Waals surface area contributed by atoms with Crippen molar-refractivity contribution in [1.29, 1.82) is 0 Å². The second-order valence-corrected chi connectivity index (χ2v) is 16.8. The number of unbranched alkanes of at least 4 members (excludes halogenated alkanes) is 1. The Hall–Kier alpha value is -1.46. The molecule has 2 N–H and O–H groups in total. The number of hydrogen-bond acceptors (Lipinski definition) is 4. The molecule has 4 heteroatoms. The number of rotatable bonds is 14. The topological polar surface area (TPSA) is 65.5 Å². The summed E-state index contributed by atoms with van der Waals surface area (Å²) in [6.45, 7) is 22.2. The van der Waals surface area contributed by atoms with E-state index in [1.807, 2.05) is 0 Å². The Bertz CT molecular complexity index is 1190. The highest BCUT2D eigenvalue weighted by molar-refractivity contribution is 5.36. The molecule has 4 fully saturated rings. The molecule has 2 heterocycles. The number of aliphatic hydroxyl groups excluding tert-OH is 2. The fourth-order valence-electron chi connectivity index (χ4n) is 8.97. The molecule has 0 bridgehead atoms. The minimum absolute atomic E-state index is 0.0580. The van der Waals surface area contributed by atoms with Gasteiger partial charge in [-0.05, 0) is 104 Å². The standard InChI is InChI=1S/C40H64O4/c1-29(17-13-19-31(3)21-23-39-35(5,6)25-33(41)27-37(39,9)43-39)15-11-12-16-30(2)18-14-20-32(4)22-24-40-36(7,8)26-34(42)28-38(40,10)44-40/h15,19-24,30,33-34,41-42H,11-14,16-18,25-28H2,1-10H3/b23-21+,24-22+,29-15-,31-19+,32-20+/t30?,33-,34-,37+,38+,39-,40-/m0/s1. The van der Waals surface area contributed by atoms with Crippen LogP contribution in [0.4, 0.5) is 0 Å². The minimum Gasteiger partial charge on any atom is -0.393 e. The molecule has 0 aromatic rings. The van der Waals surface area contributed by atoms with E-state index in [-0.39, 0.29) is 45.4 Å². The Kier molecular flexibility index (Phi) is 10.4. The lowest BCUT2D eigenvalue weighted by Crippen LogP contribution is -2.46. The first-order chi connectivity index (χ1) is 20.4. The van der Waals surface area contributed by atoms with Crippen molar-refractivity contribution in [3.8, 4) is 0 Å². The Morgan fingerprint density at radius 1 is 0.682 bits per heavy atom. The predicted octanol–water partition coefficient (Wildman–Crippen LogP) is 9.72. The number of fused-ring (bicyclic) bond motifs is 2. The molecule has 2 aliphatic carbocycles. The SMILES string of the molecule is C/C(=C/CCCC(C)CC/C=C(C)/C=C/[C@@]12O[C@]1(C)C[C@@H](O)CC2(C)C)CC/C=C(C)/C=C/[C@@]12O[C@]1(C)C[C@@H](O)CC2(C)C. The molecule has 0 spiro atoms. The first kappa shape index (κ1) is 35.4. The molecule has 0 aromatic carbocycles. The van der Waals surface area contributed by atoms with E-state index < -0.39 is 0 Å². The summed E-state index contributed by atoms with van der Waals surface area (Å²) in [5, 5.41) is 20.5. The normalized spacial score (nSPS) is 39.0. The van der Waals surface area contributed by atoms with Crippen molar-refractivity contribution in [2.45, 2.75) is 174 Å². The van der Waals surface area contributed by atoms with Crippen LogP contribution in [0.25, 0.3) is 0 Å². The number of ether oxygens (including phenoxy) is 2. The maximum absolute atomic E-state index is 10.3. The smallest absolute Gasteiger partial charge is 0.121 e. The summed E-state index contributed by atoms with van der Waals surface area (Å²) in [6.07, 6.45) is 26.9. The monoisotopic (exact) mass is 608 g/mol. The van der Waals surface area contributed by atoms with E-state index in [2.05, 4.69) is 112 Å². The van der Waals surface area contributed by atoms with Gasteiger partial charge in [-0.1, -0.05) is 88.1 Å². The average molecular weight is 609 g/mol. The van der Waals surface area contributed by atoms with Crippen LogP contribution in [0.15, 0.2) is 59.3 Å². The van der Waals surface area contributed by atoms with Gasteiger partial charge in [0.15, 0.2) is 0 Å².